The van der Waals surface area contributed by atoms with Crippen LogP contribution in [0.15, 0.2) is 99.2 Å². The van der Waals surface area contributed by atoms with Crippen LogP contribution >= 0.6 is 23.2 Å². The fourth-order valence-electron chi connectivity index (χ4n) is 4.33. The van der Waals surface area contributed by atoms with Gasteiger partial charge in [0.05, 0.1) is 27.1 Å². The summed E-state index contributed by atoms with van der Waals surface area (Å²) < 4.78 is 25.9. The molecule has 0 saturated heterocycles. The van der Waals surface area contributed by atoms with Crippen molar-refractivity contribution in [3.05, 3.63) is 132 Å². The summed E-state index contributed by atoms with van der Waals surface area (Å²) in [5, 5.41) is 17.7. The molecule has 0 radical (unpaired) electrons. The first kappa shape index (κ1) is 27.1. The summed E-state index contributed by atoms with van der Waals surface area (Å²) in [4.78, 5) is 29.4. The van der Waals surface area contributed by atoms with Gasteiger partial charge in [-0.3, -0.25) is 14.9 Å². The van der Waals surface area contributed by atoms with Crippen LogP contribution in [0, 0.1) is 15.9 Å². The molecule has 0 spiro atoms. The maximum Gasteiger partial charge on any atom is 0.313 e. The smallest absolute Gasteiger partial charge is 0.313 e. The van der Waals surface area contributed by atoms with Gasteiger partial charge in [-0.1, -0.05) is 47.5 Å². The highest BCUT2D eigenvalue weighted by Crippen LogP contribution is 2.36. The maximum absolute atomic E-state index is 13.5. The third kappa shape index (κ3) is 5.32. The SMILES string of the molecule is O=c1c2ccccc2nc(-c2cc3cc(Cl)ccc3o2)n1N=Cc1cc(Cl)c(OCc2ccc(F)cc2)c([N+](=O)[O-])c1. The first-order valence-electron chi connectivity index (χ1n) is 12.4. The van der Waals surface area contributed by atoms with Crippen LogP contribution in [-0.2, 0) is 6.61 Å². The lowest BCUT2D eigenvalue weighted by atomic mass is 10.2. The molecule has 0 N–H and O–H groups in total. The Bertz CT molecular complexity index is 2090. The predicted molar refractivity (Wildman–Crippen MR) is 158 cm³/mol. The monoisotopic (exact) mass is 602 g/mol. The maximum atomic E-state index is 13.5. The lowest BCUT2D eigenvalue weighted by Crippen LogP contribution is -2.20. The Morgan fingerprint density at radius 1 is 1.05 bits per heavy atom. The summed E-state index contributed by atoms with van der Waals surface area (Å²) in [7, 11) is 0. The van der Waals surface area contributed by atoms with E-state index in [-0.39, 0.29) is 34.5 Å². The average molecular weight is 603 g/mol. The number of nitro benzene ring substituents is 1. The van der Waals surface area contributed by atoms with E-state index in [9.17, 15) is 19.3 Å². The normalized spacial score (nSPS) is 11.5. The summed E-state index contributed by atoms with van der Waals surface area (Å²) in [5.41, 5.74) is 0.892. The van der Waals surface area contributed by atoms with E-state index in [1.807, 2.05) is 0 Å². The molecule has 0 atom stereocenters. The molecule has 0 saturated carbocycles. The van der Waals surface area contributed by atoms with Crippen molar-refractivity contribution in [2.24, 2.45) is 5.10 Å². The molecule has 6 rings (SSSR count). The Morgan fingerprint density at radius 2 is 1.83 bits per heavy atom. The Labute approximate surface area is 246 Å². The number of furan rings is 1. The second kappa shape index (κ2) is 11.1. The number of halogens is 3. The number of hydrogen-bond acceptors (Lipinski definition) is 7. The average Bonchev–Trinajstić information content (AvgIpc) is 3.39. The van der Waals surface area contributed by atoms with Crippen LogP contribution in [0.3, 0.4) is 0 Å². The molecular weight excluding hydrogens is 586 g/mol. The molecule has 208 valence electrons. The number of fused-ring (bicyclic) bond motifs is 2. The number of ether oxygens (including phenoxy) is 1. The van der Waals surface area contributed by atoms with E-state index in [1.165, 1.54) is 42.6 Å². The van der Waals surface area contributed by atoms with Crippen LogP contribution in [0.1, 0.15) is 11.1 Å². The molecule has 2 aromatic heterocycles. The molecule has 0 amide bonds. The van der Waals surface area contributed by atoms with E-state index < -0.39 is 22.0 Å². The van der Waals surface area contributed by atoms with Crippen molar-refractivity contribution >= 4 is 57.0 Å². The van der Waals surface area contributed by atoms with Gasteiger partial charge in [-0.05, 0) is 60.2 Å². The van der Waals surface area contributed by atoms with Crippen LogP contribution < -0.4 is 10.3 Å². The van der Waals surface area contributed by atoms with Crippen molar-refractivity contribution in [3.8, 4) is 17.3 Å². The first-order valence-corrected chi connectivity index (χ1v) is 13.1. The van der Waals surface area contributed by atoms with E-state index in [0.29, 0.717) is 32.5 Å². The fourth-order valence-corrected chi connectivity index (χ4v) is 4.79. The minimum Gasteiger partial charge on any atom is -0.481 e. The molecular formula is C30H17Cl2FN4O5. The number of nitro groups is 1. The number of rotatable bonds is 7. The van der Waals surface area contributed by atoms with Gasteiger partial charge in [0.1, 0.15) is 18.0 Å². The molecule has 6 aromatic rings. The van der Waals surface area contributed by atoms with E-state index in [2.05, 4.69) is 10.1 Å². The third-order valence-corrected chi connectivity index (χ3v) is 6.83. The summed E-state index contributed by atoms with van der Waals surface area (Å²) in [5.74, 6) is -0.197. The topological polar surface area (TPSA) is 113 Å². The van der Waals surface area contributed by atoms with Gasteiger partial charge in [0.15, 0.2) is 5.76 Å². The lowest BCUT2D eigenvalue weighted by Gasteiger charge is -2.10. The molecule has 4 aromatic carbocycles. The minimum atomic E-state index is -0.641. The van der Waals surface area contributed by atoms with Gasteiger partial charge in [0, 0.05) is 22.0 Å². The van der Waals surface area contributed by atoms with Crippen molar-refractivity contribution in [1.82, 2.24) is 9.66 Å². The molecule has 0 aliphatic heterocycles. The van der Waals surface area contributed by atoms with E-state index in [0.717, 1.165) is 4.68 Å². The van der Waals surface area contributed by atoms with Gasteiger partial charge >= 0.3 is 5.69 Å². The Hall–Kier alpha value is -5.06. The zero-order chi connectivity index (χ0) is 29.4. The molecule has 0 unspecified atom stereocenters. The predicted octanol–water partition coefficient (Wildman–Crippen LogP) is 7.63. The van der Waals surface area contributed by atoms with Gasteiger partial charge in [-0.2, -0.15) is 9.78 Å². The molecule has 0 aliphatic rings. The highest BCUT2D eigenvalue weighted by molar-refractivity contribution is 6.32. The van der Waals surface area contributed by atoms with Gasteiger partial charge in [0.2, 0.25) is 11.6 Å². The van der Waals surface area contributed by atoms with Crippen LogP contribution in [-0.4, -0.2) is 20.8 Å². The van der Waals surface area contributed by atoms with Crippen LogP contribution in [0.5, 0.6) is 5.75 Å². The molecule has 9 nitrogen and oxygen atoms in total. The second-order valence-corrected chi connectivity index (χ2v) is 9.97. The molecule has 42 heavy (non-hydrogen) atoms. The number of benzene rings is 4. The van der Waals surface area contributed by atoms with Gasteiger partial charge < -0.3 is 9.15 Å². The van der Waals surface area contributed by atoms with Crippen molar-refractivity contribution in [1.29, 1.82) is 0 Å². The van der Waals surface area contributed by atoms with Crippen molar-refractivity contribution in [3.63, 3.8) is 0 Å². The quantitative estimate of drug-likeness (QED) is 0.105. The third-order valence-electron chi connectivity index (χ3n) is 6.31. The van der Waals surface area contributed by atoms with E-state index >= 15 is 0 Å². The van der Waals surface area contributed by atoms with Crippen molar-refractivity contribution in [2.45, 2.75) is 6.61 Å². The highest BCUT2D eigenvalue weighted by atomic mass is 35.5. The number of para-hydroxylation sites is 1. The lowest BCUT2D eigenvalue weighted by molar-refractivity contribution is -0.385. The summed E-state index contributed by atoms with van der Waals surface area (Å²) >= 11 is 12.5. The van der Waals surface area contributed by atoms with Crippen molar-refractivity contribution < 1.29 is 18.5 Å². The second-order valence-electron chi connectivity index (χ2n) is 9.13. The minimum absolute atomic E-state index is 0.0499. The largest absolute Gasteiger partial charge is 0.481 e. The summed E-state index contributed by atoms with van der Waals surface area (Å²) in [6, 6.07) is 21.7. The Balaban J connectivity index is 1.41. The first-order chi connectivity index (χ1) is 20.3. The molecule has 12 heteroatoms. The van der Waals surface area contributed by atoms with Crippen LogP contribution in [0.4, 0.5) is 10.1 Å². The molecule has 0 fully saturated rings. The number of hydrogen-bond donors (Lipinski definition) is 0. The zero-order valence-electron chi connectivity index (χ0n) is 21.3. The van der Waals surface area contributed by atoms with E-state index in [1.54, 1.807) is 48.5 Å². The van der Waals surface area contributed by atoms with Crippen LogP contribution in [0.2, 0.25) is 10.0 Å². The van der Waals surface area contributed by atoms with Gasteiger partial charge in [0.25, 0.3) is 5.56 Å². The summed E-state index contributed by atoms with van der Waals surface area (Å²) in [6.07, 6.45) is 1.25. The Kier molecular flexibility index (Phi) is 7.15. The highest BCUT2D eigenvalue weighted by Gasteiger charge is 2.21. The standard InChI is InChI=1S/C30H17Cl2FN4O5/c31-20-7-10-26-19(13-20)14-27(42-26)29-35-24-4-2-1-3-22(24)30(38)36(29)34-15-18-11-23(32)28(25(12-18)37(39)40)41-16-17-5-8-21(33)9-6-17/h1-15H,16H2. The van der Waals surface area contributed by atoms with Gasteiger partial charge in [-0.25, -0.2) is 9.37 Å². The zero-order valence-corrected chi connectivity index (χ0v) is 22.8. The molecule has 0 aliphatic carbocycles. The molecule has 0 bridgehead atoms. The van der Waals surface area contributed by atoms with E-state index in [4.69, 9.17) is 32.4 Å². The van der Waals surface area contributed by atoms with Crippen LogP contribution in [0.25, 0.3) is 33.5 Å². The Morgan fingerprint density at radius 3 is 2.62 bits per heavy atom. The van der Waals surface area contributed by atoms with Crippen molar-refractivity contribution in [2.75, 3.05) is 0 Å². The summed E-state index contributed by atoms with van der Waals surface area (Å²) in [6.45, 7) is -0.0709. The van der Waals surface area contributed by atoms with Gasteiger partial charge in [-0.15, -0.1) is 0 Å². The fraction of sp³-hybridized carbons (Fsp3) is 0.0333. The number of aromatic nitrogens is 2. The number of nitrogens with zero attached hydrogens (tertiary/aromatic N) is 4. The molecule has 2 heterocycles.